The molecule has 0 aromatic heterocycles. The van der Waals surface area contributed by atoms with E-state index in [2.05, 4.69) is 16.1 Å². The maximum absolute atomic E-state index is 12.5. The average molecular weight is 411 g/mol. The van der Waals surface area contributed by atoms with Crippen LogP contribution in [0.3, 0.4) is 0 Å². The number of rotatable bonds is 6. The number of piperidine rings is 1. The zero-order valence-electron chi connectivity index (χ0n) is 16.0. The van der Waals surface area contributed by atoms with Crippen molar-refractivity contribution in [2.24, 2.45) is 5.41 Å². The predicted octanol–water partition coefficient (Wildman–Crippen LogP) is 1.01. The fourth-order valence-corrected chi connectivity index (χ4v) is 3.55. The van der Waals surface area contributed by atoms with Gasteiger partial charge in [-0.2, -0.15) is 0 Å². The van der Waals surface area contributed by atoms with Crippen LogP contribution >= 0.6 is 12.4 Å². The standard InChI is InChI=1S/C19H26N4O4.ClH/c1-27-13-19(8-10-20-11-9-19)12-21-18(26)14-2-4-15(5-3-14)23-17(25)7-6-16(24)22-23;/h2-5,20H,6-13H2,1H3,(H,21,26)(H,22,24);1H. The van der Waals surface area contributed by atoms with Crippen molar-refractivity contribution in [2.45, 2.75) is 25.7 Å². The molecular formula is C19H27ClN4O4. The number of methoxy groups -OCH3 is 1. The van der Waals surface area contributed by atoms with Gasteiger partial charge in [0.1, 0.15) is 0 Å². The van der Waals surface area contributed by atoms with Gasteiger partial charge in [0, 0.05) is 37.5 Å². The van der Waals surface area contributed by atoms with Crippen molar-refractivity contribution in [1.29, 1.82) is 0 Å². The predicted molar refractivity (Wildman–Crippen MR) is 107 cm³/mol. The number of amides is 3. The quantitative estimate of drug-likeness (QED) is 0.650. The summed E-state index contributed by atoms with van der Waals surface area (Å²) in [4.78, 5) is 36.0. The molecule has 1 aromatic carbocycles. The molecule has 3 N–H and O–H groups in total. The minimum Gasteiger partial charge on any atom is -0.384 e. The van der Waals surface area contributed by atoms with Gasteiger partial charge >= 0.3 is 0 Å². The Kier molecular flexibility index (Phi) is 7.79. The Morgan fingerprint density at radius 2 is 1.86 bits per heavy atom. The molecule has 28 heavy (non-hydrogen) atoms. The van der Waals surface area contributed by atoms with Crippen molar-refractivity contribution < 1.29 is 19.1 Å². The third kappa shape index (κ3) is 5.21. The van der Waals surface area contributed by atoms with Crippen LogP contribution in [-0.4, -0.2) is 51.1 Å². The van der Waals surface area contributed by atoms with Crippen LogP contribution in [0.2, 0.25) is 0 Å². The van der Waals surface area contributed by atoms with Gasteiger partial charge < -0.3 is 15.4 Å². The maximum atomic E-state index is 12.5. The first-order chi connectivity index (χ1) is 13.0. The molecule has 0 atom stereocenters. The lowest BCUT2D eigenvalue weighted by Gasteiger charge is -2.37. The number of carbonyl (C=O) groups excluding carboxylic acids is 3. The lowest BCUT2D eigenvalue weighted by Crippen LogP contribution is -2.50. The van der Waals surface area contributed by atoms with Gasteiger partial charge in [-0.3, -0.25) is 19.8 Å². The van der Waals surface area contributed by atoms with Gasteiger partial charge in [0.15, 0.2) is 0 Å². The van der Waals surface area contributed by atoms with Gasteiger partial charge in [-0.25, -0.2) is 5.01 Å². The van der Waals surface area contributed by atoms with Crippen molar-refractivity contribution >= 4 is 35.8 Å². The summed E-state index contributed by atoms with van der Waals surface area (Å²) in [7, 11) is 1.69. The monoisotopic (exact) mass is 410 g/mol. The van der Waals surface area contributed by atoms with E-state index >= 15 is 0 Å². The zero-order chi connectivity index (χ0) is 19.3. The van der Waals surface area contributed by atoms with Gasteiger partial charge in [-0.05, 0) is 50.2 Å². The first-order valence-corrected chi connectivity index (χ1v) is 9.23. The molecule has 0 saturated carbocycles. The first-order valence-electron chi connectivity index (χ1n) is 9.23. The minimum absolute atomic E-state index is 0. The topological polar surface area (TPSA) is 99.8 Å². The third-order valence-electron chi connectivity index (χ3n) is 5.18. The number of halogens is 1. The molecular weight excluding hydrogens is 384 g/mol. The number of hydrogen-bond donors (Lipinski definition) is 3. The Morgan fingerprint density at radius 1 is 1.18 bits per heavy atom. The molecule has 0 unspecified atom stereocenters. The summed E-state index contributed by atoms with van der Waals surface area (Å²) in [5.41, 5.74) is 3.55. The average Bonchev–Trinajstić information content (AvgIpc) is 2.69. The summed E-state index contributed by atoms with van der Waals surface area (Å²) in [6.07, 6.45) is 2.30. The van der Waals surface area contributed by atoms with Crippen LogP contribution in [0.5, 0.6) is 0 Å². The number of carbonyl (C=O) groups is 3. The Bertz CT molecular complexity index is 699. The molecule has 0 bridgehead atoms. The molecule has 0 radical (unpaired) electrons. The van der Waals surface area contributed by atoms with E-state index in [1.165, 1.54) is 5.01 Å². The summed E-state index contributed by atoms with van der Waals surface area (Å²) in [5.74, 6) is -0.523. The third-order valence-corrected chi connectivity index (χ3v) is 5.18. The van der Waals surface area contributed by atoms with Gasteiger partial charge in [-0.1, -0.05) is 0 Å². The number of ether oxygens (including phenoxy) is 1. The van der Waals surface area contributed by atoms with E-state index in [4.69, 9.17) is 4.74 Å². The highest BCUT2D eigenvalue weighted by atomic mass is 35.5. The molecule has 2 aliphatic heterocycles. The number of anilines is 1. The molecule has 3 amide bonds. The van der Waals surface area contributed by atoms with Gasteiger partial charge in [-0.15, -0.1) is 12.4 Å². The van der Waals surface area contributed by atoms with Crippen LogP contribution in [0.4, 0.5) is 5.69 Å². The summed E-state index contributed by atoms with van der Waals surface area (Å²) >= 11 is 0. The highest BCUT2D eigenvalue weighted by Crippen LogP contribution is 2.28. The second-order valence-corrected chi connectivity index (χ2v) is 7.18. The van der Waals surface area contributed by atoms with Crippen molar-refractivity contribution in [1.82, 2.24) is 16.1 Å². The van der Waals surface area contributed by atoms with E-state index in [9.17, 15) is 14.4 Å². The van der Waals surface area contributed by atoms with E-state index in [1.54, 1.807) is 31.4 Å². The fourth-order valence-electron chi connectivity index (χ4n) is 3.55. The van der Waals surface area contributed by atoms with Crippen molar-refractivity contribution in [3.63, 3.8) is 0 Å². The zero-order valence-corrected chi connectivity index (χ0v) is 16.8. The molecule has 2 saturated heterocycles. The molecule has 2 fully saturated rings. The SMILES string of the molecule is COCC1(CNC(=O)c2ccc(N3NC(=O)CCC3=O)cc2)CCNCC1.Cl. The van der Waals surface area contributed by atoms with E-state index in [0.29, 0.717) is 24.4 Å². The highest BCUT2D eigenvalue weighted by Gasteiger charge is 2.32. The Balaban J connectivity index is 0.00000280. The van der Waals surface area contributed by atoms with E-state index in [-0.39, 0.29) is 48.4 Å². The summed E-state index contributed by atoms with van der Waals surface area (Å²) < 4.78 is 5.37. The van der Waals surface area contributed by atoms with Gasteiger partial charge in [0.2, 0.25) is 11.8 Å². The molecule has 0 aliphatic carbocycles. The number of hydrazine groups is 1. The van der Waals surface area contributed by atoms with Crippen molar-refractivity contribution in [2.75, 3.05) is 38.4 Å². The number of benzene rings is 1. The van der Waals surface area contributed by atoms with E-state index < -0.39 is 0 Å². The number of nitrogens with one attached hydrogen (secondary N) is 3. The normalized spacial score (nSPS) is 18.8. The van der Waals surface area contributed by atoms with Gasteiger partial charge in [0.25, 0.3) is 5.91 Å². The molecule has 154 valence electrons. The largest absolute Gasteiger partial charge is 0.384 e. The van der Waals surface area contributed by atoms with E-state index in [1.807, 2.05) is 0 Å². The number of nitrogens with zero attached hydrogens (tertiary/aromatic N) is 1. The van der Waals surface area contributed by atoms with Crippen LogP contribution in [0.1, 0.15) is 36.0 Å². The number of hydrogen-bond acceptors (Lipinski definition) is 5. The first kappa shape index (κ1) is 22.1. The second kappa shape index (κ2) is 9.86. The minimum atomic E-state index is -0.193. The van der Waals surface area contributed by atoms with E-state index in [0.717, 1.165) is 25.9 Å². The van der Waals surface area contributed by atoms with Crippen LogP contribution in [0, 0.1) is 5.41 Å². The van der Waals surface area contributed by atoms with Gasteiger partial charge in [0.05, 0.1) is 12.3 Å². The Labute approximate surface area is 170 Å². The second-order valence-electron chi connectivity index (χ2n) is 7.18. The lowest BCUT2D eigenvalue weighted by molar-refractivity contribution is -0.130. The summed E-state index contributed by atoms with van der Waals surface area (Å²) in [6, 6.07) is 6.63. The molecule has 0 spiro atoms. The summed E-state index contributed by atoms with van der Waals surface area (Å²) in [5, 5.41) is 7.58. The molecule has 1 aromatic rings. The Morgan fingerprint density at radius 3 is 2.50 bits per heavy atom. The Hall–Kier alpha value is -2.16. The van der Waals surface area contributed by atoms with Crippen molar-refractivity contribution in [3.05, 3.63) is 29.8 Å². The van der Waals surface area contributed by atoms with Crippen molar-refractivity contribution in [3.8, 4) is 0 Å². The van der Waals surface area contributed by atoms with Crippen LogP contribution in [0.15, 0.2) is 24.3 Å². The fraction of sp³-hybridized carbons (Fsp3) is 0.526. The molecule has 3 rings (SSSR count). The highest BCUT2D eigenvalue weighted by molar-refractivity contribution is 6.01. The van der Waals surface area contributed by atoms with Crippen LogP contribution in [0.25, 0.3) is 0 Å². The smallest absolute Gasteiger partial charge is 0.251 e. The molecule has 2 aliphatic rings. The maximum Gasteiger partial charge on any atom is 0.251 e. The molecule has 8 nitrogen and oxygen atoms in total. The summed E-state index contributed by atoms with van der Waals surface area (Å²) in [6.45, 7) is 3.02. The van der Waals surface area contributed by atoms with Crippen LogP contribution in [-0.2, 0) is 14.3 Å². The molecule has 2 heterocycles. The van der Waals surface area contributed by atoms with Crippen LogP contribution < -0.4 is 21.1 Å². The molecule has 9 heteroatoms. The lowest BCUT2D eigenvalue weighted by atomic mass is 9.79.